The molecule has 1 aliphatic heterocycles. The predicted molar refractivity (Wildman–Crippen MR) is 109 cm³/mol. The highest BCUT2D eigenvalue weighted by atomic mass is 35.5. The van der Waals surface area contributed by atoms with Crippen LogP contribution in [0.4, 0.5) is 0 Å². The van der Waals surface area contributed by atoms with Crippen molar-refractivity contribution in [2.45, 2.75) is 31.7 Å². The lowest BCUT2D eigenvalue weighted by Gasteiger charge is -2.34. The van der Waals surface area contributed by atoms with Crippen molar-refractivity contribution in [2.24, 2.45) is 5.92 Å². The lowest BCUT2D eigenvalue weighted by Crippen LogP contribution is -2.47. The minimum absolute atomic E-state index is 0.315. The van der Waals surface area contributed by atoms with E-state index >= 15 is 0 Å². The second kappa shape index (κ2) is 6.42. The number of carbonyl (C=O) groups excluding carboxylic acids is 3. The van der Waals surface area contributed by atoms with Crippen molar-refractivity contribution in [3.05, 3.63) is 59.7 Å². The third-order valence-corrected chi connectivity index (χ3v) is 6.37. The fourth-order valence-electron chi connectivity index (χ4n) is 4.68. The van der Waals surface area contributed by atoms with E-state index in [0.29, 0.717) is 24.0 Å². The molecule has 1 aliphatic carbocycles. The van der Waals surface area contributed by atoms with E-state index < -0.39 is 17.2 Å². The van der Waals surface area contributed by atoms with Crippen LogP contribution in [-0.2, 0) is 4.79 Å². The van der Waals surface area contributed by atoms with Crippen LogP contribution in [0.15, 0.2) is 48.5 Å². The molecule has 0 spiro atoms. The standard InChI is InChI=1S/C23H18ClNO3/c24-21(26)17-7-3-4-8-20(17)25-22(27)18-11-15-9-13-5-1-2-6-14(13)10-16(15)12-19(18)23(25)28/h1-2,5-6,9-12,17,20H,3-4,7-8H2/t17-,20-/m0/s1. The summed E-state index contributed by atoms with van der Waals surface area (Å²) in [6.45, 7) is 0. The zero-order chi connectivity index (χ0) is 19.4. The summed E-state index contributed by atoms with van der Waals surface area (Å²) in [5, 5.41) is 3.56. The molecule has 5 rings (SSSR count). The molecule has 1 saturated carbocycles. The number of halogens is 1. The van der Waals surface area contributed by atoms with Crippen molar-refractivity contribution in [3.8, 4) is 0 Å². The fourth-order valence-corrected chi connectivity index (χ4v) is 4.94. The van der Waals surface area contributed by atoms with Gasteiger partial charge in [0.1, 0.15) is 0 Å². The van der Waals surface area contributed by atoms with Crippen molar-refractivity contribution in [1.29, 1.82) is 0 Å². The lowest BCUT2D eigenvalue weighted by molar-refractivity contribution is -0.117. The Morgan fingerprint density at radius 2 is 1.36 bits per heavy atom. The number of rotatable bonds is 2. The van der Waals surface area contributed by atoms with Gasteiger partial charge in [0.25, 0.3) is 11.8 Å². The smallest absolute Gasteiger partial charge is 0.261 e. The largest absolute Gasteiger partial charge is 0.281 e. The van der Waals surface area contributed by atoms with Crippen molar-refractivity contribution >= 4 is 50.2 Å². The first-order valence-electron chi connectivity index (χ1n) is 9.58. The molecule has 2 atom stereocenters. The van der Waals surface area contributed by atoms with Crippen molar-refractivity contribution in [1.82, 2.24) is 4.90 Å². The van der Waals surface area contributed by atoms with E-state index in [0.717, 1.165) is 34.4 Å². The molecule has 0 unspecified atom stereocenters. The lowest BCUT2D eigenvalue weighted by atomic mass is 9.84. The number of nitrogens with zero attached hydrogens (tertiary/aromatic N) is 1. The molecule has 28 heavy (non-hydrogen) atoms. The molecular weight excluding hydrogens is 374 g/mol. The van der Waals surface area contributed by atoms with Crippen LogP contribution >= 0.6 is 11.6 Å². The van der Waals surface area contributed by atoms with E-state index in [9.17, 15) is 14.4 Å². The first kappa shape index (κ1) is 17.4. The Morgan fingerprint density at radius 1 is 0.821 bits per heavy atom. The quantitative estimate of drug-likeness (QED) is 0.354. The minimum atomic E-state index is -0.477. The summed E-state index contributed by atoms with van der Waals surface area (Å²) in [4.78, 5) is 39.4. The summed E-state index contributed by atoms with van der Waals surface area (Å²) >= 11 is 5.79. The Balaban J connectivity index is 1.62. The van der Waals surface area contributed by atoms with Gasteiger partial charge in [-0.15, -0.1) is 0 Å². The summed E-state index contributed by atoms with van der Waals surface area (Å²) in [6, 6.07) is 15.2. The number of hydrogen-bond donors (Lipinski definition) is 0. The highest BCUT2D eigenvalue weighted by molar-refractivity contribution is 6.64. The van der Waals surface area contributed by atoms with Crippen LogP contribution in [0, 0.1) is 5.92 Å². The minimum Gasteiger partial charge on any atom is -0.281 e. The molecule has 1 fully saturated rings. The first-order chi connectivity index (χ1) is 13.5. The molecule has 0 aromatic heterocycles. The van der Waals surface area contributed by atoms with Crippen LogP contribution < -0.4 is 0 Å². The Labute approximate surface area is 167 Å². The molecule has 3 aromatic rings. The maximum absolute atomic E-state index is 13.1. The number of imide groups is 1. The van der Waals surface area contributed by atoms with Gasteiger partial charge < -0.3 is 0 Å². The van der Waals surface area contributed by atoms with E-state index in [2.05, 4.69) is 0 Å². The maximum Gasteiger partial charge on any atom is 0.261 e. The molecule has 1 heterocycles. The maximum atomic E-state index is 13.1. The van der Waals surface area contributed by atoms with E-state index in [1.807, 2.05) is 36.4 Å². The van der Waals surface area contributed by atoms with Gasteiger partial charge in [0, 0.05) is 0 Å². The van der Waals surface area contributed by atoms with E-state index in [-0.39, 0.29) is 11.8 Å². The van der Waals surface area contributed by atoms with Gasteiger partial charge in [-0.1, -0.05) is 37.1 Å². The SMILES string of the molecule is O=C(Cl)[C@H]1CCCC[C@@H]1N1C(=O)c2cc3cc4ccccc4cc3cc2C1=O. The zero-order valence-electron chi connectivity index (χ0n) is 15.2. The second-order valence-corrected chi connectivity index (χ2v) is 8.06. The number of fused-ring (bicyclic) bond motifs is 3. The van der Waals surface area contributed by atoms with Gasteiger partial charge in [0.15, 0.2) is 0 Å². The van der Waals surface area contributed by atoms with Crippen molar-refractivity contribution in [2.75, 3.05) is 0 Å². The van der Waals surface area contributed by atoms with E-state index in [4.69, 9.17) is 11.6 Å². The number of carbonyl (C=O) groups is 3. The summed E-state index contributed by atoms with van der Waals surface area (Å²) in [7, 11) is 0. The first-order valence-corrected chi connectivity index (χ1v) is 9.96. The predicted octanol–water partition coefficient (Wildman–Crippen LogP) is 4.91. The van der Waals surface area contributed by atoms with Crippen LogP contribution in [0.2, 0.25) is 0 Å². The van der Waals surface area contributed by atoms with E-state index in [1.165, 1.54) is 4.90 Å². The second-order valence-electron chi connectivity index (χ2n) is 7.69. The third-order valence-electron chi connectivity index (χ3n) is 6.09. The zero-order valence-corrected chi connectivity index (χ0v) is 15.9. The van der Waals surface area contributed by atoms with Gasteiger partial charge in [-0.05, 0) is 70.3 Å². The monoisotopic (exact) mass is 391 g/mol. The number of benzene rings is 3. The highest BCUT2D eigenvalue weighted by Gasteiger charge is 2.45. The van der Waals surface area contributed by atoms with Crippen molar-refractivity contribution < 1.29 is 14.4 Å². The average molecular weight is 392 g/mol. The highest BCUT2D eigenvalue weighted by Crippen LogP contribution is 2.37. The van der Waals surface area contributed by atoms with Crippen LogP contribution in [0.25, 0.3) is 21.5 Å². The molecule has 4 nitrogen and oxygen atoms in total. The molecule has 140 valence electrons. The van der Waals surface area contributed by atoms with Crippen LogP contribution in [0.3, 0.4) is 0 Å². The number of hydrogen-bond acceptors (Lipinski definition) is 3. The molecule has 0 saturated heterocycles. The number of amides is 2. The fraction of sp³-hybridized carbons (Fsp3) is 0.261. The van der Waals surface area contributed by atoms with Crippen molar-refractivity contribution in [3.63, 3.8) is 0 Å². The summed E-state index contributed by atoms with van der Waals surface area (Å²) in [5.74, 6) is -1.11. The molecule has 2 amide bonds. The Kier molecular flexibility index (Phi) is 3.98. The summed E-state index contributed by atoms with van der Waals surface area (Å²) in [5.41, 5.74) is 0.832. The molecule has 0 bridgehead atoms. The van der Waals surface area contributed by atoms with Crippen LogP contribution in [0.1, 0.15) is 46.4 Å². The molecule has 3 aromatic carbocycles. The van der Waals surface area contributed by atoms with Gasteiger partial charge >= 0.3 is 0 Å². The van der Waals surface area contributed by atoms with Crippen LogP contribution in [0.5, 0.6) is 0 Å². The Morgan fingerprint density at radius 3 is 1.89 bits per heavy atom. The van der Waals surface area contributed by atoms with Gasteiger partial charge in [-0.3, -0.25) is 19.3 Å². The molecule has 5 heteroatoms. The molecule has 2 aliphatic rings. The molecular formula is C23H18ClNO3. The normalized spacial score (nSPS) is 22.1. The summed E-state index contributed by atoms with van der Waals surface area (Å²) in [6.07, 6.45) is 3.01. The van der Waals surface area contributed by atoms with E-state index in [1.54, 1.807) is 12.1 Å². The van der Waals surface area contributed by atoms with Crippen LogP contribution in [-0.4, -0.2) is 28.0 Å². The van der Waals surface area contributed by atoms with Gasteiger partial charge in [0.2, 0.25) is 5.24 Å². The Hall–Kier alpha value is -2.72. The third kappa shape index (κ3) is 2.55. The van der Waals surface area contributed by atoms with Gasteiger partial charge in [0.05, 0.1) is 23.1 Å². The van der Waals surface area contributed by atoms with Gasteiger partial charge in [-0.2, -0.15) is 0 Å². The Bertz CT molecular complexity index is 1100. The topological polar surface area (TPSA) is 54.5 Å². The van der Waals surface area contributed by atoms with Gasteiger partial charge in [-0.25, -0.2) is 0 Å². The molecule has 0 N–H and O–H groups in total. The molecule has 0 radical (unpaired) electrons. The average Bonchev–Trinajstić information content (AvgIpc) is 2.94. The summed E-state index contributed by atoms with van der Waals surface area (Å²) < 4.78 is 0.